The van der Waals surface area contributed by atoms with E-state index in [1.54, 1.807) is 34.9 Å². The van der Waals surface area contributed by atoms with E-state index in [1.165, 1.54) is 0 Å². The second kappa shape index (κ2) is 6.31. The number of amides is 1. The molecule has 6 nitrogen and oxygen atoms in total. The first-order valence-electron chi connectivity index (χ1n) is 7.17. The molecule has 0 atom stereocenters. The first kappa shape index (κ1) is 14.8. The number of aromatic carboxylic acids is 1. The number of nitrogens with one attached hydrogen (secondary N) is 1. The van der Waals surface area contributed by atoms with Crippen LogP contribution in [0.3, 0.4) is 0 Å². The Bertz CT molecular complexity index is 820. The average Bonchev–Trinajstić information content (AvgIpc) is 2.99. The minimum absolute atomic E-state index is 0.226. The van der Waals surface area contributed by atoms with Crippen molar-refractivity contribution in [2.75, 3.05) is 6.54 Å². The molecule has 1 amide bonds. The number of rotatable bonds is 5. The van der Waals surface area contributed by atoms with Gasteiger partial charge in [0.15, 0.2) is 0 Å². The molecule has 0 saturated carbocycles. The summed E-state index contributed by atoms with van der Waals surface area (Å²) in [5, 5.41) is 11.7. The van der Waals surface area contributed by atoms with Gasteiger partial charge >= 0.3 is 5.97 Å². The first-order valence-corrected chi connectivity index (χ1v) is 7.17. The predicted octanol–water partition coefficient (Wildman–Crippen LogP) is 2.00. The van der Waals surface area contributed by atoms with Crippen LogP contribution in [0.2, 0.25) is 0 Å². The molecule has 0 radical (unpaired) electrons. The summed E-state index contributed by atoms with van der Waals surface area (Å²) in [5.41, 5.74) is 2.31. The zero-order chi connectivity index (χ0) is 16.2. The van der Waals surface area contributed by atoms with Crippen molar-refractivity contribution >= 4 is 17.5 Å². The Balaban J connectivity index is 1.57. The van der Waals surface area contributed by atoms with E-state index >= 15 is 0 Å². The van der Waals surface area contributed by atoms with E-state index in [0.29, 0.717) is 18.7 Å². The number of fused-ring (bicyclic) bond motifs is 1. The minimum atomic E-state index is -0.947. The number of carbonyl (C=O) groups is 2. The van der Waals surface area contributed by atoms with Gasteiger partial charge in [-0.3, -0.25) is 4.79 Å². The monoisotopic (exact) mass is 309 g/mol. The summed E-state index contributed by atoms with van der Waals surface area (Å²) < 4.78 is 1.79. The maximum Gasteiger partial charge on any atom is 0.335 e. The lowest BCUT2D eigenvalue weighted by atomic mass is 10.1. The van der Waals surface area contributed by atoms with Gasteiger partial charge in [0, 0.05) is 18.9 Å². The Kier molecular flexibility index (Phi) is 4.05. The molecule has 0 unspecified atom stereocenters. The third kappa shape index (κ3) is 3.37. The molecule has 0 aliphatic carbocycles. The number of aromatic nitrogens is 2. The average molecular weight is 309 g/mol. The standard InChI is InChI=1S/C17H15N3O3/c21-16(14-11-20-10-2-1-3-15(20)19-14)18-9-8-12-4-6-13(7-5-12)17(22)23/h1-7,10-11H,8-9H2,(H,18,21)(H,22,23). The number of carboxylic acid groups (broad SMARTS) is 1. The molecule has 3 aromatic rings. The van der Waals surface area contributed by atoms with E-state index in [4.69, 9.17) is 5.11 Å². The second-order valence-electron chi connectivity index (χ2n) is 5.10. The Morgan fingerprint density at radius 2 is 1.91 bits per heavy atom. The van der Waals surface area contributed by atoms with E-state index in [9.17, 15) is 9.59 Å². The highest BCUT2D eigenvalue weighted by Crippen LogP contribution is 2.06. The number of carboxylic acids is 1. The highest BCUT2D eigenvalue weighted by atomic mass is 16.4. The van der Waals surface area contributed by atoms with E-state index in [-0.39, 0.29) is 11.5 Å². The van der Waals surface area contributed by atoms with Gasteiger partial charge in [0.05, 0.1) is 5.56 Å². The number of carbonyl (C=O) groups excluding carboxylic acids is 1. The number of pyridine rings is 1. The fourth-order valence-electron chi connectivity index (χ4n) is 2.27. The van der Waals surface area contributed by atoms with Gasteiger partial charge in [-0.15, -0.1) is 0 Å². The predicted molar refractivity (Wildman–Crippen MR) is 84.6 cm³/mol. The van der Waals surface area contributed by atoms with E-state index in [1.807, 2.05) is 24.4 Å². The number of nitrogens with zero attached hydrogens (tertiary/aromatic N) is 2. The van der Waals surface area contributed by atoms with Crippen LogP contribution in [-0.4, -0.2) is 32.9 Å². The molecule has 1 aromatic carbocycles. The lowest BCUT2D eigenvalue weighted by Gasteiger charge is -2.04. The third-order valence-corrected chi connectivity index (χ3v) is 3.50. The van der Waals surface area contributed by atoms with Crippen molar-refractivity contribution in [2.45, 2.75) is 6.42 Å². The number of hydrogen-bond acceptors (Lipinski definition) is 3. The summed E-state index contributed by atoms with van der Waals surface area (Å²) in [4.78, 5) is 27.1. The summed E-state index contributed by atoms with van der Waals surface area (Å²) in [5.74, 6) is -1.17. The molecule has 0 bridgehead atoms. The fourth-order valence-corrected chi connectivity index (χ4v) is 2.27. The van der Waals surface area contributed by atoms with Crippen LogP contribution >= 0.6 is 0 Å². The SMILES string of the molecule is O=C(O)c1ccc(CCNC(=O)c2cn3ccccc3n2)cc1. The molecule has 23 heavy (non-hydrogen) atoms. The molecule has 0 aliphatic heterocycles. The Morgan fingerprint density at radius 3 is 2.61 bits per heavy atom. The van der Waals surface area contributed by atoms with E-state index in [2.05, 4.69) is 10.3 Å². The summed E-state index contributed by atoms with van der Waals surface area (Å²) in [6.45, 7) is 0.457. The number of hydrogen-bond donors (Lipinski definition) is 2. The summed E-state index contributed by atoms with van der Waals surface area (Å²) in [7, 11) is 0. The van der Waals surface area contributed by atoms with Crippen molar-refractivity contribution in [1.29, 1.82) is 0 Å². The van der Waals surface area contributed by atoms with Gasteiger partial charge in [0.25, 0.3) is 5.91 Å². The van der Waals surface area contributed by atoms with Crippen LogP contribution in [0.15, 0.2) is 54.9 Å². The maximum absolute atomic E-state index is 12.1. The Hall–Kier alpha value is -3.15. The topological polar surface area (TPSA) is 83.7 Å². The normalized spacial score (nSPS) is 10.6. The van der Waals surface area contributed by atoms with Gasteiger partial charge in [-0.1, -0.05) is 18.2 Å². The quantitative estimate of drug-likeness (QED) is 0.755. The molecule has 3 rings (SSSR count). The second-order valence-corrected chi connectivity index (χ2v) is 5.10. The van der Waals surface area contributed by atoms with Crippen LogP contribution in [0, 0.1) is 0 Å². The highest BCUT2D eigenvalue weighted by molar-refractivity contribution is 5.92. The number of benzene rings is 1. The van der Waals surface area contributed by atoms with Gasteiger partial charge in [-0.05, 0) is 36.2 Å². The van der Waals surface area contributed by atoms with Crippen LogP contribution in [0.1, 0.15) is 26.4 Å². The highest BCUT2D eigenvalue weighted by Gasteiger charge is 2.09. The van der Waals surface area contributed by atoms with Crippen LogP contribution in [0.5, 0.6) is 0 Å². The van der Waals surface area contributed by atoms with E-state index in [0.717, 1.165) is 11.2 Å². The molecular weight excluding hydrogens is 294 g/mol. The van der Waals surface area contributed by atoms with Gasteiger partial charge in [0.2, 0.25) is 0 Å². The molecule has 2 N–H and O–H groups in total. The lowest BCUT2D eigenvalue weighted by molar-refractivity contribution is 0.0696. The first-order chi connectivity index (χ1) is 11.1. The smallest absolute Gasteiger partial charge is 0.335 e. The molecule has 0 fully saturated rings. The van der Waals surface area contributed by atoms with Crippen molar-refractivity contribution in [2.24, 2.45) is 0 Å². The third-order valence-electron chi connectivity index (χ3n) is 3.50. The Morgan fingerprint density at radius 1 is 1.13 bits per heavy atom. The van der Waals surface area contributed by atoms with Crippen molar-refractivity contribution in [3.63, 3.8) is 0 Å². The molecule has 116 valence electrons. The Labute approximate surface area is 132 Å². The van der Waals surface area contributed by atoms with Crippen molar-refractivity contribution < 1.29 is 14.7 Å². The van der Waals surface area contributed by atoms with Gasteiger partial charge < -0.3 is 14.8 Å². The van der Waals surface area contributed by atoms with Crippen molar-refractivity contribution in [1.82, 2.24) is 14.7 Å². The lowest BCUT2D eigenvalue weighted by Crippen LogP contribution is -2.26. The van der Waals surface area contributed by atoms with Crippen LogP contribution in [-0.2, 0) is 6.42 Å². The summed E-state index contributed by atoms with van der Waals surface area (Å²) in [6, 6.07) is 12.2. The van der Waals surface area contributed by atoms with Crippen LogP contribution in [0.4, 0.5) is 0 Å². The molecule has 0 spiro atoms. The molecule has 2 heterocycles. The van der Waals surface area contributed by atoms with Gasteiger partial charge in [-0.25, -0.2) is 9.78 Å². The minimum Gasteiger partial charge on any atom is -0.478 e. The number of imidazole rings is 1. The molecule has 6 heteroatoms. The summed E-state index contributed by atoms with van der Waals surface area (Å²) in [6.07, 6.45) is 4.15. The zero-order valence-corrected chi connectivity index (χ0v) is 12.3. The van der Waals surface area contributed by atoms with Crippen molar-refractivity contribution in [3.8, 4) is 0 Å². The molecular formula is C17H15N3O3. The van der Waals surface area contributed by atoms with Gasteiger partial charge in [-0.2, -0.15) is 0 Å². The molecule has 2 aromatic heterocycles. The van der Waals surface area contributed by atoms with Crippen LogP contribution in [0.25, 0.3) is 5.65 Å². The van der Waals surface area contributed by atoms with Gasteiger partial charge in [0.1, 0.15) is 11.3 Å². The molecule has 0 saturated heterocycles. The van der Waals surface area contributed by atoms with Crippen molar-refractivity contribution in [3.05, 3.63) is 71.7 Å². The molecule has 0 aliphatic rings. The largest absolute Gasteiger partial charge is 0.478 e. The summed E-state index contributed by atoms with van der Waals surface area (Å²) >= 11 is 0. The van der Waals surface area contributed by atoms with E-state index < -0.39 is 5.97 Å². The fraction of sp³-hybridized carbons (Fsp3) is 0.118. The maximum atomic E-state index is 12.1. The zero-order valence-electron chi connectivity index (χ0n) is 12.3. The van der Waals surface area contributed by atoms with Crippen LogP contribution < -0.4 is 5.32 Å².